The number of rotatable bonds is 28. The van der Waals surface area contributed by atoms with Crippen molar-refractivity contribution in [1.82, 2.24) is 4.98 Å². The van der Waals surface area contributed by atoms with Crippen LogP contribution in [0.1, 0.15) is 12.1 Å². The number of thioether (sulfide) groups is 1. The first-order valence-corrected chi connectivity index (χ1v) is 32.0. The molecule has 1 unspecified atom stereocenters. The molecule has 3 heterocycles. The maximum atomic E-state index is 11.9. The van der Waals surface area contributed by atoms with Gasteiger partial charge in [-0.1, -0.05) is 0 Å². The molecular formula is C20H40AlN7O40S11. The van der Waals surface area contributed by atoms with Crippen LogP contribution in [0.5, 0.6) is 0 Å². The van der Waals surface area contributed by atoms with Crippen LogP contribution in [0.25, 0.3) is 0 Å². The molecule has 59 heteroatoms. The number of thiazole rings is 1. The van der Waals surface area contributed by atoms with E-state index < -0.39 is 168 Å². The van der Waals surface area contributed by atoms with E-state index in [9.17, 15) is 103 Å². The molecule has 2 fully saturated rings. The van der Waals surface area contributed by atoms with Gasteiger partial charge >= 0.3 is 111 Å². The van der Waals surface area contributed by atoms with E-state index in [0.717, 1.165) is 5.69 Å². The SMILES string of the molecule is NC(N)=Nc1nc(CSCC/C(N)=N/S(N)(=O)=O)cs1.O=S(=O)(O)OCC1O[C@H](O[C@]2(COS(=O)(=O)O)O[C@H](COS(=O)(=O)O)[C@@H](OS(=O)(=O)O)[C@@H]2OS(=O)(=O)O)[C@H](OS(=O)(=O)O)[C@@H](OS(=O)(=O)O)[C@@H]1OS(=O)(=O)O.[Al+3].[OH-].[OH-].[OH-]. The van der Waals surface area contributed by atoms with Crippen molar-refractivity contribution in [3.63, 3.8) is 0 Å². The topological polar surface area (TPSA) is 802 Å². The molecule has 2 aliphatic rings. The van der Waals surface area contributed by atoms with E-state index in [1.54, 1.807) is 0 Å². The van der Waals surface area contributed by atoms with Crippen LogP contribution in [0.15, 0.2) is 14.8 Å². The fraction of sp³-hybridized carbons (Fsp3) is 0.750. The van der Waals surface area contributed by atoms with Crippen LogP contribution in [0.3, 0.4) is 0 Å². The average Bonchev–Trinajstić information content (AvgIpc) is 3.70. The molecule has 9 atom stereocenters. The molecule has 2 saturated heterocycles. The Hall–Kier alpha value is -2.12. The number of amidine groups is 1. The Balaban J connectivity index is -0.00000203. The van der Waals surface area contributed by atoms with E-state index in [-0.39, 0.29) is 45.6 Å². The van der Waals surface area contributed by atoms with Crippen LogP contribution in [-0.4, -0.2) is 243 Å². The summed E-state index contributed by atoms with van der Waals surface area (Å²) in [6.45, 7) is -6.25. The Morgan fingerprint density at radius 1 is 0.620 bits per heavy atom. The van der Waals surface area contributed by atoms with Gasteiger partial charge in [-0.3, -0.25) is 36.4 Å². The average molecular weight is 1400 g/mol. The van der Waals surface area contributed by atoms with Crippen molar-refractivity contribution in [2.75, 3.05) is 25.6 Å². The second kappa shape index (κ2) is 31.1. The molecule has 3 rings (SSSR count). The fourth-order valence-corrected chi connectivity index (χ4v) is 10.9. The van der Waals surface area contributed by atoms with Gasteiger partial charge in [0.25, 0.3) is 0 Å². The third-order valence-corrected chi connectivity index (χ3v) is 13.3. The summed E-state index contributed by atoms with van der Waals surface area (Å²) in [5.74, 6) is -2.93. The second-order valence-corrected chi connectivity index (χ2v) is 24.9. The van der Waals surface area contributed by atoms with Crippen LogP contribution >= 0.6 is 23.1 Å². The number of nitrogens with zero attached hydrogens (tertiary/aromatic N) is 3. The van der Waals surface area contributed by atoms with Crippen LogP contribution in [0.2, 0.25) is 0 Å². The summed E-state index contributed by atoms with van der Waals surface area (Å²) in [5, 5.41) is 7.07. The first-order valence-electron chi connectivity index (χ1n) is 17.6. The van der Waals surface area contributed by atoms with Gasteiger partial charge in [0.05, 0.1) is 18.9 Å². The molecule has 0 bridgehead atoms. The zero-order valence-electron chi connectivity index (χ0n) is 37.4. The van der Waals surface area contributed by atoms with E-state index >= 15 is 0 Å². The Morgan fingerprint density at radius 3 is 1.48 bits per heavy atom. The molecule has 0 aliphatic carbocycles. The van der Waals surface area contributed by atoms with Gasteiger partial charge in [0, 0.05) is 23.3 Å². The van der Waals surface area contributed by atoms with Gasteiger partial charge < -0.3 is 47.8 Å². The van der Waals surface area contributed by atoms with Crippen LogP contribution in [-0.2, 0) is 147 Å². The van der Waals surface area contributed by atoms with Crippen molar-refractivity contribution in [2.45, 2.75) is 67.0 Å². The smallest absolute Gasteiger partial charge is 0.870 e. The van der Waals surface area contributed by atoms with E-state index in [1.807, 2.05) is 5.38 Å². The summed E-state index contributed by atoms with van der Waals surface area (Å²) < 4.78 is 331. The molecule has 1 aromatic rings. The molecule has 2 aliphatic heterocycles. The summed E-state index contributed by atoms with van der Waals surface area (Å²) in [4.78, 5) is 8.03. The van der Waals surface area contributed by atoms with Gasteiger partial charge in [-0.25, -0.2) is 43.6 Å². The van der Waals surface area contributed by atoms with Crippen molar-refractivity contribution in [3.8, 4) is 0 Å². The number of aliphatic imine (C=N–C) groups is 1. The van der Waals surface area contributed by atoms with E-state index in [1.165, 1.54) is 23.1 Å². The van der Waals surface area contributed by atoms with Gasteiger partial charge in [0.15, 0.2) is 24.5 Å². The van der Waals surface area contributed by atoms with E-state index in [4.69, 9.17) is 45.7 Å². The number of guanidine groups is 1. The van der Waals surface area contributed by atoms with Crippen molar-refractivity contribution in [2.24, 2.45) is 31.7 Å². The van der Waals surface area contributed by atoms with Crippen LogP contribution < -0.4 is 22.3 Å². The number of hydrogen-bond acceptors (Lipinski definition) is 36. The Morgan fingerprint density at radius 2 is 1.05 bits per heavy atom. The Kier molecular flexibility index (Phi) is 32.0. The maximum absolute atomic E-state index is 11.9. The van der Waals surface area contributed by atoms with Crippen LogP contribution in [0.4, 0.5) is 5.13 Å². The number of hydrogen-bond donors (Lipinski definition) is 12. The zero-order chi connectivity index (χ0) is 58.2. The molecule has 1 aromatic heterocycles. The molecule has 19 N–H and O–H groups in total. The zero-order valence-corrected chi connectivity index (χ0v) is 47.6. The molecule has 464 valence electrons. The van der Waals surface area contributed by atoms with Crippen molar-refractivity contribution in [3.05, 3.63) is 11.1 Å². The number of nitrogens with two attached hydrogens (primary N) is 4. The van der Waals surface area contributed by atoms with Crippen molar-refractivity contribution in [1.29, 1.82) is 0 Å². The quantitative estimate of drug-likeness (QED) is 0.0122. The summed E-state index contributed by atoms with van der Waals surface area (Å²) >= 11 is 2.86. The minimum atomic E-state index is -6.24. The first-order chi connectivity index (χ1) is 33.4. The summed E-state index contributed by atoms with van der Waals surface area (Å²) in [7, 11) is -52.2. The predicted molar refractivity (Wildman–Crippen MR) is 247 cm³/mol. The van der Waals surface area contributed by atoms with Crippen molar-refractivity contribution >= 4 is 151 Å². The molecule has 47 nitrogen and oxygen atoms in total. The number of ether oxygens (including phenoxy) is 3. The Labute approximate surface area is 464 Å². The van der Waals surface area contributed by atoms with Gasteiger partial charge in [-0.05, 0) is 0 Å². The fourth-order valence-electron chi connectivity index (χ4n) is 5.32. The summed E-state index contributed by atoms with van der Waals surface area (Å²) in [5.41, 5.74) is 16.7. The molecule has 0 radical (unpaired) electrons. The van der Waals surface area contributed by atoms with Gasteiger partial charge in [-0.2, -0.15) is 92.5 Å². The predicted octanol–water partition coefficient (Wildman–Crippen LogP) is -8.46. The molecule has 0 spiro atoms. The van der Waals surface area contributed by atoms with Crippen LogP contribution in [0, 0.1) is 0 Å². The number of aromatic nitrogens is 1. The molecular weight excluding hydrogens is 1360 g/mol. The summed E-state index contributed by atoms with van der Waals surface area (Å²) in [6, 6.07) is 0. The van der Waals surface area contributed by atoms with Gasteiger partial charge in [0.2, 0.25) is 10.9 Å². The minimum Gasteiger partial charge on any atom is -0.870 e. The minimum absolute atomic E-state index is 0. The third-order valence-electron chi connectivity index (χ3n) is 7.44. The van der Waals surface area contributed by atoms with E-state index in [0.29, 0.717) is 23.1 Å². The third kappa shape index (κ3) is 33.7. The normalized spacial score (nSPS) is 24.5. The second-order valence-electron chi connectivity index (χ2n) is 13.2. The Bertz CT molecular complexity index is 3270. The monoisotopic (exact) mass is 1400 g/mol. The summed E-state index contributed by atoms with van der Waals surface area (Å²) in [6.07, 6.45) is -25.7. The molecule has 0 amide bonds. The molecule has 0 saturated carbocycles. The largest absolute Gasteiger partial charge is 3.00 e. The maximum Gasteiger partial charge on any atom is 3.00 e. The first kappa shape index (κ1) is 81.1. The van der Waals surface area contributed by atoms with E-state index in [2.05, 4.69) is 47.8 Å². The molecule has 79 heavy (non-hydrogen) atoms. The van der Waals surface area contributed by atoms with Gasteiger partial charge in [0.1, 0.15) is 43.0 Å². The molecule has 0 aromatic carbocycles. The van der Waals surface area contributed by atoms with Gasteiger partial charge in [-0.15, -0.1) is 15.7 Å². The standard InChI is InChI=1S/C12H22O35S8.C8H15N7O2S3.Al.3H2O/c13-48(14,15)37-1-4-6(43-51(22,23)24)8(45-53(28,29)30)9(46-54(31,32)33)11(40-4)42-12(3-39-50(19,20)21)10(47-55(34,35)36)7(44-52(25,26)27)5(41-12)2-38-49(16,17)18;9-6(15-20(12,16)17)1-2-18-3-5-4-19-8(13-5)14-7(10)11;;;;/h4-11H,1-3H2,(H,13,14,15)(H,16,17,18)(H,19,20,21)(H,22,23,24)(H,25,26,27)(H,28,29,30)(H,31,32,33)(H,34,35,36);4H,1-3H2,(H2,9,15)(H2,12,16,17)(H4,10,11,13,14);;3*1H2/q;;+3;;;/p-3/t4?,5-,6-,7-,8+,9-,10+,11-,12+;;;;;/m1...../s1. The van der Waals surface area contributed by atoms with Crippen molar-refractivity contribution < 1.29 is 176 Å².